The molecule has 33 heavy (non-hydrogen) atoms. The van der Waals surface area contributed by atoms with Crippen molar-refractivity contribution >= 4 is 18.0 Å². The number of fused-ring (bicyclic) bond motifs is 3. The molecule has 0 unspecified atom stereocenters. The van der Waals surface area contributed by atoms with Crippen molar-refractivity contribution in [2.24, 2.45) is 11.8 Å². The molecule has 0 spiro atoms. The minimum Gasteiger partial charge on any atom is -0.480 e. The lowest BCUT2D eigenvalue weighted by Crippen LogP contribution is -2.53. The Morgan fingerprint density at radius 3 is 2.00 bits per heavy atom. The minimum atomic E-state index is -1.09. The Kier molecular flexibility index (Phi) is 7.74. The predicted molar refractivity (Wildman–Crippen MR) is 126 cm³/mol. The van der Waals surface area contributed by atoms with Crippen molar-refractivity contribution in [1.29, 1.82) is 0 Å². The summed E-state index contributed by atoms with van der Waals surface area (Å²) in [5.41, 5.74) is 4.48. The Morgan fingerprint density at radius 1 is 0.970 bits per heavy atom. The summed E-state index contributed by atoms with van der Waals surface area (Å²) < 4.78 is 5.58. The molecule has 2 aromatic rings. The van der Waals surface area contributed by atoms with Crippen molar-refractivity contribution in [3.8, 4) is 11.1 Å². The fourth-order valence-corrected chi connectivity index (χ4v) is 4.31. The molecule has 1 aliphatic rings. The average Bonchev–Trinajstić information content (AvgIpc) is 3.08. The quantitative estimate of drug-likeness (QED) is 0.597. The van der Waals surface area contributed by atoms with Crippen LogP contribution in [0.1, 0.15) is 44.7 Å². The largest absolute Gasteiger partial charge is 0.480 e. The predicted octanol–water partition coefficient (Wildman–Crippen LogP) is 4.12. The van der Waals surface area contributed by atoms with Crippen LogP contribution in [-0.2, 0) is 14.3 Å². The zero-order valence-electron chi connectivity index (χ0n) is 19.6. The molecular formula is C26H32N2O5. The van der Waals surface area contributed by atoms with Gasteiger partial charge in [0.2, 0.25) is 5.91 Å². The van der Waals surface area contributed by atoms with E-state index in [0.29, 0.717) is 6.54 Å². The maximum absolute atomic E-state index is 13.1. The molecule has 1 atom stereocenters. The minimum absolute atomic E-state index is 0.0826. The Morgan fingerprint density at radius 2 is 1.52 bits per heavy atom. The number of ether oxygens (including phenoxy) is 1. The van der Waals surface area contributed by atoms with Gasteiger partial charge in [-0.15, -0.1) is 0 Å². The number of alkyl carbamates (subject to hydrolysis) is 1. The zero-order chi connectivity index (χ0) is 24.1. The average molecular weight is 453 g/mol. The third-order valence-corrected chi connectivity index (χ3v) is 5.77. The molecule has 0 aliphatic heterocycles. The second-order valence-corrected chi connectivity index (χ2v) is 9.20. The Bertz CT molecular complexity index is 972. The van der Waals surface area contributed by atoms with Gasteiger partial charge in [0.05, 0.1) is 0 Å². The number of carboxylic acid groups (broad SMARTS) is 1. The summed E-state index contributed by atoms with van der Waals surface area (Å²) in [6.45, 7) is 7.45. The normalized spacial score (nSPS) is 13.4. The van der Waals surface area contributed by atoms with Crippen LogP contribution >= 0.6 is 0 Å². The van der Waals surface area contributed by atoms with Crippen LogP contribution in [0.25, 0.3) is 11.1 Å². The first-order valence-electron chi connectivity index (χ1n) is 11.3. The van der Waals surface area contributed by atoms with E-state index in [-0.39, 0.29) is 24.4 Å². The van der Waals surface area contributed by atoms with Gasteiger partial charge in [-0.2, -0.15) is 0 Å². The van der Waals surface area contributed by atoms with Crippen molar-refractivity contribution in [3.05, 3.63) is 59.7 Å². The van der Waals surface area contributed by atoms with Crippen LogP contribution in [0.3, 0.4) is 0 Å². The highest BCUT2D eigenvalue weighted by atomic mass is 16.5. The molecule has 2 aromatic carbocycles. The number of nitrogens with zero attached hydrogens (tertiary/aromatic N) is 1. The van der Waals surface area contributed by atoms with Gasteiger partial charge < -0.3 is 20.1 Å². The fraction of sp³-hybridized carbons (Fsp3) is 0.423. The maximum Gasteiger partial charge on any atom is 0.407 e. The number of carboxylic acids is 1. The molecule has 176 valence electrons. The Balaban J connectivity index is 1.70. The molecule has 0 bridgehead atoms. The first-order valence-corrected chi connectivity index (χ1v) is 11.3. The van der Waals surface area contributed by atoms with E-state index in [1.807, 2.05) is 50.2 Å². The molecular weight excluding hydrogens is 420 g/mol. The highest BCUT2D eigenvalue weighted by Gasteiger charge is 2.32. The summed E-state index contributed by atoms with van der Waals surface area (Å²) in [6.07, 6.45) is -0.691. The van der Waals surface area contributed by atoms with E-state index < -0.39 is 30.6 Å². The van der Waals surface area contributed by atoms with E-state index in [9.17, 15) is 19.5 Å². The summed E-state index contributed by atoms with van der Waals surface area (Å²) in [5.74, 6) is -1.74. The lowest BCUT2D eigenvalue weighted by atomic mass is 9.98. The molecule has 2 amide bonds. The number of hydrogen-bond donors (Lipinski definition) is 2. The Hall–Kier alpha value is -3.35. The lowest BCUT2D eigenvalue weighted by molar-refractivity contribution is -0.146. The third kappa shape index (κ3) is 5.72. The molecule has 0 aromatic heterocycles. The highest BCUT2D eigenvalue weighted by Crippen LogP contribution is 2.44. The number of aliphatic carboxylic acids is 1. The molecule has 0 heterocycles. The van der Waals surface area contributed by atoms with E-state index in [4.69, 9.17) is 4.74 Å². The molecule has 2 N–H and O–H groups in total. The van der Waals surface area contributed by atoms with Crippen LogP contribution in [0, 0.1) is 11.8 Å². The van der Waals surface area contributed by atoms with Gasteiger partial charge >= 0.3 is 12.1 Å². The first kappa shape index (κ1) is 24.3. The molecule has 0 radical (unpaired) electrons. The number of carbonyl (C=O) groups excluding carboxylic acids is 2. The number of hydrogen-bond acceptors (Lipinski definition) is 4. The highest BCUT2D eigenvalue weighted by molar-refractivity contribution is 5.88. The van der Waals surface area contributed by atoms with Crippen LogP contribution in [0.4, 0.5) is 4.79 Å². The third-order valence-electron chi connectivity index (χ3n) is 5.77. The smallest absolute Gasteiger partial charge is 0.407 e. The molecule has 0 saturated heterocycles. The standard InChI is InChI=1S/C26H32N2O5/c1-16(2)13-28(14-23(29)30)25(31)24(17(3)4)27-26(32)33-15-22-20-11-7-5-9-18(20)19-10-6-8-12-21(19)22/h5-12,16-17,22,24H,13-15H2,1-4H3,(H,27,32)(H,29,30)/t24-/m1/s1. The number of benzene rings is 2. The number of carbonyl (C=O) groups is 3. The first-order chi connectivity index (χ1) is 15.7. The Labute approximate surface area is 194 Å². The zero-order valence-corrected chi connectivity index (χ0v) is 19.6. The summed E-state index contributed by atoms with van der Waals surface area (Å²) in [6, 6.07) is 15.2. The molecule has 0 fully saturated rings. The molecule has 1 aliphatic carbocycles. The van der Waals surface area contributed by atoms with Gasteiger partial charge in [-0.05, 0) is 34.1 Å². The van der Waals surface area contributed by atoms with Gasteiger partial charge in [-0.1, -0.05) is 76.2 Å². The molecule has 3 rings (SSSR count). The number of nitrogens with one attached hydrogen (secondary N) is 1. The van der Waals surface area contributed by atoms with E-state index in [1.54, 1.807) is 13.8 Å². The van der Waals surface area contributed by atoms with Crippen molar-refractivity contribution < 1.29 is 24.2 Å². The molecule has 7 nitrogen and oxygen atoms in total. The van der Waals surface area contributed by atoms with Crippen LogP contribution < -0.4 is 5.32 Å². The van der Waals surface area contributed by atoms with Crippen molar-refractivity contribution in [2.75, 3.05) is 19.7 Å². The van der Waals surface area contributed by atoms with Crippen LogP contribution in [0.5, 0.6) is 0 Å². The van der Waals surface area contributed by atoms with Crippen LogP contribution in [0.15, 0.2) is 48.5 Å². The summed E-state index contributed by atoms with van der Waals surface area (Å²) in [4.78, 5) is 38.3. The number of amides is 2. The van der Waals surface area contributed by atoms with E-state index in [0.717, 1.165) is 22.3 Å². The number of rotatable bonds is 9. The summed E-state index contributed by atoms with van der Waals surface area (Å²) >= 11 is 0. The van der Waals surface area contributed by atoms with Gasteiger partial charge in [0.1, 0.15) is 19.2 Å². The topological polar surface area (TPSA) is 95.9 Å². The maximum atomic E-state index is 13.1. The second kappa shape index (κ2) is 10.5. The SMILES string of the molecule is CC(C)CN(CC(=O)O)C(=O)[C@H](NC(=O)OCC1c2ccccc2-c2ccccc21)C(C)C. The van der Waals surface area contributed by atoms with E-state index in [2.05, 4.69) is 17.4 Å². The van der Waals surface area contributed by atoms with Crippen molar-refractivity contribution in [2.45, 2.75) is 39.7 Å². The van der Waals surface area contributed by atoms with E-state index in [1.165, 1.54) is 4.90 Å². The van der Waals surface area contributed by atoms with Gasteiger partial charge in [0.15, 0.2) is 0 Å². The van der Waals surface area contributed by atoms with Crippen LogP contribution in [-0.4, -0.2) is 53.7 Å². The van der Waals surface area contributed by atoms with Crippen molar-refractivity contribution in [1.82, 2.24) is 10.2 Å². The second-order valence-electron chi connectivity index (χ2n) is 9.20. The summed E-state index contributed by atoms with van der Waals surface area (Å²) in [5, 5.41) is 11.9. The fourth-order valence-electron chi connectivity index (χ4n) is 4.31. The summed E-state index contributed by atoms with van der Waals surface area (Å²) in [7, 11) is 0. The van der Waals surface area contributed by atoms with Gasteiger partial charge in [0, 0.05) is 12.5 Å². The van der Waals surface area contributed by atoms with Crippen molar-refractivity contribution in [3.63, 3.8) is 0 Å². The van der Waals surface area contributed by atoms with Gasteiger partial charge in [0.25, 0.3) is 0 Å². The van der Waals surface area contributed by atoms with Gasteiger partial charge in [-0.3, -0.25) is 9.59 Å². The van der Waals surface area contributed by atoms with Gasteiger partial charge in [-0.25, -0.2) is 4.79 Å². The van der Waals surface area contributed by atoms with E-state index >= 15 is 0 Å². The lowest BCUT2D eigenvalue weighted by Gasteiger charge is -2.29. The molecule has 0 saturated carbocycles. The monoisotopic (exact) mass is 452 g/mol. The van der Waals surface area contributed by atoms with Crippen LogP contribution in [0.2, 0.25) is 0 Å². The molecule has 7 heteroatoms.